The van der Waals surface area contributed by atoms with Gasteiger partial charge in [-0.05, 0) is 50.2 Å². The van der Waals surface area contributed by atoms with Gasteiger partial charge in [-0.25, -0.2) is 4.79 Å². The highest BCUT2D eigenvalue weighted by molar-refractivity contribution is 6.30. The quantitative estimate of drug-likeness (QED) is 0.893. The number of urea groups is 1. The van der Waals surface area contributed by atoms with Gasteiger partial charge in [0.2, 0.25) is 5.91 Å². The number of anilines is 1. The average Bonchev–Trinajstić information content (AvgIpc) is 3.15. The van der Waals surface area contributed by atoms with Crippen molar-refractivity contribution in [1.29, 1.82) is 0 Å². The lowest BCUT2D eigenvalue weighted by Gasteiger charge is -2.35. The third kappa shape index (κ3) is 5.09. The second-order valence-corrected chi connectivity index (χ2v) is 7.04. The number of hydrogen-bond acceptors (Lipinski definition) is 3. The molecule has 2 aliphatic heterocycles. The van der Waals surface area contributed by atoms with Crippen molar-refractivity contribution in [3.63, 3.8) is 0 Å². The molecule has 6 nitrogen and oxygen atoms in total. The Kier molecular flexibility index (Phi) is 6.15. The van der Waals surface area contributed by atoms with E-state index in [1.807, 2.05) is 4.90 Å². The summed E-state index contributed by atoms with van der Waals surface area (Å²) >= 11 is 5.85. The van der Waals surface area contributed by atoms with Crippen LogP contribution >= 0.6 is 11.6 Å². The van der Waals surface area contributed by atoms with Gasteiger partial charge in [0.15, 0.2) is 0 Å². The molecule has 2 aliphatic rings. The van der Waals surface area contributed by atoms with Crippen LogP contribution in [0, 0.1) is 0 Å². The fourth-order valence-electron chi connectivity index (χ4n) is 3.31. The summed E-state index contributed by atoms with van der Waals surface area (Å²) in [6.45, 7) is 5.43. The fraction of sp³-hybridized carbons (Fsp3) is 0.556. The zero-order valence-corrected chi connectivity index (χ0v) is 15.2. The molecule has 0 aromatic heterocycles. The zero-order chi connectivity index (χ0) is 17.6. The Morgan fingerprint density at radius 1 is 0.920 bits per heavy atom. The summed E-state index contributed by atoms with van der Waals surface area (Å²) < 4.78 is 0. The minimum atomic E-state index is -0.133. The average molecular weight is 365 g/mol. The van der Waals surface area contributed by atoms with Gasteiger partial charge in [-0.3, -0.25) is 4.79 Å². The molecule has 0 aliphatic carbocycles. The Balaban J connectivity index is 1.40. The van der Waals surface area contributed by atoms with Gasteiger partial charge in [0, 0.05) is 49.9 Å². The largest absolute Gasteiger partial charge is 0.339 e. The van der Waals surface area contributed by atoms with E-state index in [2.05, 4.69) is 10.2 Å². The first kappa shape index (κ1) is 18.0. The normalized spacial score (nSPS) is 18.4. The lowest BCUT2D eigenvalue weighted by atomic mass is 10.2. The number of piperazine rings is 1. The van der Waals surface area contributed by atoms with Crippen LogP contribution < -0.4 is 5.32 Å². The summed E-state index contributed by atoms with van der Waals surface area (Å²) in [5.41, 5.74) is 0.721. The summed E-state index contributed by atoms with van der Waals surface area (Å²) in [4.78, 5) is 30.6. The molecule has 0 atom stereocenters. The first-order chi connectivity index (χ1) is 12.1. The van der Waals surface area contributed by atoms with Crippen molar-refractivity contribution in [3.8, 4) is 0 Å². The minimum Gasteiger partial charge on any atom is -0.339 e. The van der Waals surface area contributed by atoms with Crippen molar-refractivity contribution < 1.29 is 9.59 Å². The van der Waals surface area contributed by atoms with Crippen molar-refractivity contribution in [2.75, 3.05) is 51.1 Å². The van der Waals surface area contributed by atoms with Gasteiger partial charge in [-0.2, -0.15) is 0 Å². The molecular formula is C18H25ClN4O2. The molecule has 7 heteroatoms. The van der Waals surface area contributed by atoms with Gasteiger partial charge in [-0.1, -0.05) is 11.6 Å². The molecule has 25 heavy (non-hydrogen) atoms. The van der Waals surface area contributed by atoms with Gasteiger partial charge < -0.3 is 20.0 Å². The molecule has 2 saturated heterocycles. The molecule has 0 unspecified atom stereocenters. The first-order valence-corrected chi connectivity index (χ1v) is 9.31. The molecule has 0 radical (unpaired) electrons. The van der Waals surface area contributed by atoms with Gasteiger partial charge in [0.25, 0.3) is 0 Å². The van der Waals surface area contributed by atoms with Crippen LogP contribution in [0.15, 0.2) is 24.3 Å². The van der Waals surface area contributed by atoms with Crippen LogP contribution in [0.1, 0.15) is 19.3 Å². The number of amides is 3. The van der Waals surface area contributed by atoms with Crippen molar-refractivity contribution >= 4 is 29.2 Å². The second-order valence-electron chi connectivity index (χ2n) is 6.60. The Labute approximate surface area is 153 Å². The molecule has 1 aromatic carbocycles. The maximum absolute atomic E-state index is 12.3. The van der Waals surface area contributed by atoms with E-state index in [1.54, 1.807) is 29.2 Å². The third-order valence-corrected chi connectivity index (χ3v) is 5.11. The number of nitrogens with one attached hydrogen (secondary N) is 1. The molecule has 0 bridgehead atoms. The van der Waals surface area contributed by atoms with Gasteiger partial charge in [-0.15, -0.1) is 0 Å². The molecule has 3 rings (SSSR count). The highest BCUT2D eigenvalue weighted by atomic mass is 35.5. The predicted molar refractivity (Wildman–Crippen MR) is 98.9 cm³/mol. The topological polar surface area (TPSA) is 55.9 Å². The highest BCUT2D eigenvalue weighted by Crippen LogP contribution is 2.15. The predicted octanol–water partition coefficient (Wildman–Crippen LogP) is 2.50. The number of likely N-dealkylation sites (tertiary alicyclic amines) is 1. The van der Waals surface area contributed by atoms with Gasteiger partial charge >= 0.3 is 6.03 Å². The van der Waals surface area contributed by atoms with Crippen molar-refractivity contribution in [3.05, 3.63) is 29.3 Å². The zero-order valence-electron chi connectivity index (χ0n) is 14.4. The SMILES string of the molecule is O=C(CCN1CCCC1)N1CCN(C(=O)Nc2ccc(Cl)cc2)CC1. The van der Waals surface area contributed by atoms with Crippen LogP contribution in [0.25, 0.3) is 0 Å². The van der Waals surface area contributed by atoms with Gasteiger partial charge in [0.1, 0.15) is 0 Å². The number of rotatable bonds is 4. The van der Waals surface area contributed by atoms with Crippen molar-refractivity contribution in [2.24, 2.45) is 0 Å². The number of benzene rings is 1. The van der Waals surface area contributed by atoms with Crippen LogP contribution in [-0.2, 0) is 4.79 Å². The number of halogens is 1. The van der Waals surface area contributed by atoms with Crippen LogP contribution in [0.3, 0.4) is 0 Å². The Hall–Kier alpha value is -1.79. The molecule has 1 N–H and O–H groups in total. The van der Waals surface area contributed by atoms with E-state index in [0.29, 0.717) is 37.6 Å². The van der Waals surface area contributed by atoms with Crippen LogP contribution in [0.4, 0.5) is 10.5 Å². The Morgan fingerprint density at radius 3 is 2.16 bits per heavy atom. The van der Waals surface area contributed by atoms with E-state index < -0.39 is 0 Å². The molecule has 2 heterocycles. The van der Waals surface area contributed by atoms with Crippen molar-refractivity contribution in [2.45, 2.75) is 19.3 Å². The van der Waals surface area contributed by atoms with E-state index in [-0.39, 0.29) is 11.9 Å². The molecule has 0 spiro atoms. The molecule has 136 valence electrons. The summed E-state index contributed by atoms with van der Waals surface area (Å²) in [6, 6.07) is 6.91. The minimum absolute atomic E-state index is 0.133. The summed E-state index contributed by atoms with van der Waals surface area (Å²) in [5, 5.41) is 3.50. The molecule has 0 saturated carbocycles. The molecule has 2 fully saturated rings. The standard InChI is InChI=1S/C18H25ClN4O2/c19-15-3-5-16(6-4-15)20-18(25)23-13-11-22(12-14-23)17(24)7-10-21-8-1-2-9-21/h3-6H,1-2,7-14H2,(H,20,25). The smallest absolute Gasteiger partial charge is 0.321 e. The lowest BCUT2D eigenvalue weighted by Crippen LogP contribution is -2.52. The van der Waals surface area contributed by atoms with Crippen molar-refractivity contribution in [1.82, 2.24) is 14.7 Å². The molecular weight excluding hydrogens is 340 g/mol. The van der Waals surface area contributed by atoms with E-state index in [9.17, 15) is 9.59 Å². The van der Waals surface area contributed by atoms with Crippen LogP contribution in [0.2, 0.25) is 5.02 Å². The van der Waals surface area contributed by atoms with Crippen LogP contribution in [-0.4, -0.2) is 72.5 Å². The monoisotopic (exact) mass is 364 g/mol. The van der Waals surface area contributed by atoms with Gasteiger partial charge in [0.05, 0.1) is 0 Å². The molecule has 3 amide bonds. The maximum Gasteiger partial charge on any atom is 0.321 e. The van der Waals surface area contributed by atoms with E-state index in [1.165, 1.54) is 12.8 Å². The van der Waals surface area contributed by atoms with E-state index in [0.717, 1.165) is 25.3 Å². The third-order valence-electron chi connectivity index (χ3n) is 4.86. The number of nitrogens with zero attached hydrogens (tertiary/aromatic N) is 3. The first-order valence-electron chi connectivity index (χ1n) is 8.93. The Morgan fingerprint density at radius 2 is 1.52 bits per heavy atom. The van der Waals surface area contributed by atoms with Crippen LogP contribution in [0.5, 0.6) is 0 Å². The lowest BCUT2D eigenvalue weighted by molar-refractivity contribution is -0.132. The fourth-order valence-corrected chi connectivity index (χ4v) is 3.44. The maximum atomic E-state index is 12.3. The number of carbonyl (C=O) groups is 2. The number of carbonyl (C=O) groups excluding carboxylic acids is 2. The second kappa shape index (κ2) is 8.54. The summed E-state index contributed by atoms with van der Waals surface area (Å²) in [6.07, 6.45) is 3.07. The summed E-state index contributed by atoms with van der Waals surface area (Å²) in [5.74, 6) is 0.199. The summed E-state index contributed by atoms with van der Waals surface area (Å²) in [7, 11) is 0. The Bertz CT molecular complexity index is 594. The molecule has 1 aromatic rings. The van der Waals surface area contributed by atoms with E-state index >= 15 is 0 Å². The highest BCUT2D eigenvalue weighted by Gasteiger charge is 2.24. The number of hydrogen-bond donors (Lipinski definition) is 1. The van der Waals surface area contributed by atoms with E-state index in [4.69, 9.17) is 11.6 Å².